The zero-order chi connectivity index (χ0) is 9.68. The molecule has 1 heterocycles. The molecule has 1 aromatic rings. The van der Waals surface area contributed by atoms with Crippen molar-refractivity contribution in [2.45, 2.75) is 19.4 Å². The van der Waals surface area contributed by atoms with Gasteiger partial charge >= 0.3 is 0 Å². The zero-order valence-corrected chi connectivity index (χ0v) is 8.18. The number of alkyl halides is 1. The minimum absolute atomic E-state index is 0.141. The van der Waals surface area contributed by atoms with E-state index in [0.717, 1.165) is 6.42 Å². The van der Waals surface area contributed by atoms with Gasteiger partial charge in [-0.3, -0.25) is 0 Å². The van der Waals surface area contributed by atoms with Crippen LogP contribution in [0.1, 0.15) is 13.3 Å². The molecule has 1 rings (SSSR count). The van der Waals surface area contributed by atoms with Crippen molar-refractivity contribution in [2.24, 2.45) is 0 Å². The number of anilines is 1. The fourth-order valence-corrected chi connectivity index (χ4v) is 1.29. The normalized spacial score (nSPS) is 12.5. The second-order valence-electron chi connectivity index (χ2n) is 2.86. The van der Waals surface area contributed by atoms with Crippen molar-refractivity contribution < 1.29 is 4.39 Å². The standard InChI is InChI=1S/C9H12ClFN2/c1-7(4-5-10)13-9-8(11)3-2-6-12-9/h2-3,6-7H,4-5H2,1H3,(H,12,13). The van der Waals surface area contributed by atoms with E-state index in [0.29, 0.717) is 11.7 Å². The molecule has 1 atom stereocenters. The van der Waals surface area contributed by atoms with E-state index in [1.165, 1.54) is 6.07 Å². The number of aromatic nitrogens is 1. The number of hydrogen-bond donors (Lipinski definition) is 1. The molecule has 0 fully saturated rings. The van der Waals surface area contributed by atoms with E-state index in [2.05, 4.69) is 10.3 Å². The van der Waals surface area contributed by atoms with E-state index >= 15 is 0 Å². The average Bonchev–Trinajstić information content (AvgIpc) is 2.09. The van der Waals surface area contributed by atoms with Crippen molar-refractivity contribution >= 4 is 17.4 Å². The number of rotatable bonds is 4. The molecule has 0 aliphatic heterocycles. The molecule has 1 unspecified atom stereocenters. The second-order valence-corrected chi connectivity index (χ2v) is 3.23. The fourth-order valence-electron chi connectivity index (χ4n) is 0.961. The van der Waals surface area contributed by atoms with Crippen LogP contribution >= 0.6 is 11.6 Å². The highest BCUT2D eigenvalue weighted by Crippen LogP contribution is 2.10. The Morgan fingerprint density at radius 2 is 2.46 bits per heavy atom. The monoisotopic (exact) mass is 202 g/mol. The lowest BCUT2D eigenvalue weighted by molar-refractivity contribution is 0.618. The number of hydrogen-bond acceptors (Lipinski definition) is 2. The highest BCUT2D eigenvalue weighted by atomic mass is 35.5. The van der Waals surface area contributed by atoms with Gasteiger partial charge in [0.1, 0.15) is 0 Å². The molecule has 0 spiro atoms. The Balaban J connectivity index is 2.58. The molecule has 0 aliphatic rings. The number of pyridine rings is 1. The van der Waals surface area contributed by atoms with Gasteiger partial charge in [-0.15, -0.1) is 11.6 Å². The van der Waals surface area contributed by atoms with Gasteiger partial charge in [0.05, 0.1) is 0 Å². The first-order valence-electron chi connectivity index (χ1n) is 4.17. The van der Waals surface area contributed by atoms with E-state index in [4.69, 9.17) is 11.6 Å². The van der Waals surface area contributed by atoms with Crippen LogP contribution in [0.15, 0.2) is 18.3 Å². The molecule has 1 aromatic heterocycles. The van der Waals surface area contributed by atoms with Crippen LogP contribution in [0.4, 0.5) is 10.2 Å². The Morgan fingerprint density at radius 3 is 3.08 bits per heavy atom. The lowest BCUT2D eigenvalue weighted by Gasteiger charge is -2.12. The van der Waals surface area contributed by atoms with Gasteiger partial charge in [0.2, 0.25) is 0 Å². The summed E-state index contributed by atoms with van der Waals surface area (Å²) in [6.07, 6.45) is 2.34. The molecule has 13 heavy (non-hydrogen) atoms. The maximum atomic E-state index is 13.0. The number of nitrogens with one attached hydrogen (secondary N) is 1. The largest absolute Gasteiger partial charge is 0.365 e. The summed E-state index contributed by atoms with van der Waals surface area (Å²) in [4.78, 5) is 3.87. The van der Waals surface area contributed by atoms with Crippen molar-refractivity contribution in [2.75, 3.05) is 11.2 Å². The van der Waals surface area contributed by atoms with Gasteiger partial charge < -0.3 is 5.32 Å². The average molecular weight is 203 g/mol. The minimum atomic E-state index is -0.330. The Labute approximate surface area is 82.1 Å². The van der Waals surface area contributed by atoms with Crippen LogP contribution in [-0.4, -0.2) is 16.9 Å². The van der Waals surface area contributed by atoms with Crippen LogP contribution in [0.5, 0.6) is 0 Å². The summed E-state index contributed by atoms with van der Waals surface area (Å²) < 4.78 is 13.0. The molecule has 0 saturated carbocycles. The lowest BCUT2D eigenvalue weighted by Crippen LogP contribution is -2.17. The highest BCUT2D eigenvalue weighted by Gasteiger charge is 2.05. The quantitative estimate of drug-likeness (QED) is 0.760. The summed E-state index contributed by atoms with van der Waals surface area (Å²) in [5.74, 6) is 0.520. The summed E-state index contributed by atoms with van der Waals surface area (Å²) in [7, 11) is 0. The predicted octanol–water partition coefficient (Wildman–Crippen LogP) is 2.65. The molecule has 0 aliphatic carbocycles. The van der Waals surface area contributed by atoms with Crippen molar-refractivity contribution in [3.63, 3.8) is 0 Å². The molecule has 0 aromatic carbocycles. The highest BCUT2D eigenvalue weighted by molar-refractivity contribution is 6.17. The van der Waals surface area contributed by atoms with E-state index < -0.39 is 0 Å². The SMILES string of the molecule is CC(CCCl)Nc1ncccc1F. The van der Waals surface area contributed by atoms with Crippen molar-refractivity contribution in [3.05, 3.63) is 24.1 Å². The third-order valence-corrected chi connectivity index (χ3v) is 1.90. The topological polar surface area (TPSA) is 24.9 Å². The molecule has 0 bridgehead atoms. The van der Waals surface area contributed by atoms with Crippen LogP contribution in [-0.2, 0) is 0 Å². The summed E-state index contributed by atoms with van der Waals surface area (Å²) in [5.41, 5.74) is 0. The Morgan fingerprint density at radius 1 is 1.69 bits per heavy atom. The first-order chi connectivity index (χ1) is 6.24. The van der Waals surface area contributed by atoms with Gasteiger partial charge in [-0.05, 0) is 25.5 Å². The second kappa shape index (κ2) is 5.02. The Hall–Kier alpha value is -0.830. The fraction of sp³-hybridized carbons (Fsp3) is 0.444. The molecule has 1 N–H and O–H groups in total. The summed E-state index contributed by atoms with van der Waals surface area (Å²) >= 11 is 5.55. The zero-order valence-electron chi connectivity index (χ0n) is 7.43. The van der Waals surface area contributed by atoms with Crippen LogP contribution < -0.4 is 5.32 Å². The predicted molar refractivity (Wildman–Crippen MR) is 52.6 cm³/mol. The first kappa shape index (κ1) is 10.3. The summed E-state index contributed by atoms with van der Waals surface area (Å²) in [6.45, 7) is 1.94. The van der Waals surface area contributed by atoms with Gasteiger partial charge in [0, 0.05) is 18.1 Å². The molecule has 4 heteroatoms. The molecule has 0 radical (unpaired) electrons. The summed E-state index contributed by atoms with van der Waals surface area (Å²) in [5, 5.41) is 2.94. The van der Waals surface area contributed by atoms with E-state index in [-0.39, 0.29) is 11.9 Å². The third-order valence-electron chi connectivity index (χ3n) is 1.68. The van der Waals surface area contributed by atoms with E-state index in [1.807, 2.05) is 6.92 Å². The molecule has 72 valence electrons. The van der Waals surface area contributed by atoms with E-state index in [9.17, 15) is 4.39 Å². The molecule has 2 nitrogen and oxygen atoms in total. The van der Waals surface area contributed by atoms with Crippen LogP contribution in [0.25, 0.3) is 0 Å². The summed E-state index contributed by atoms with van der Waals surface area (Å²) in [6, 6.07) is 3.08. The van der Waals surface area contributed by atoms with Gasteiger partial charge in [0.25, 0.3) is 0 Å². The molecule has 0 amide bonds. The van der Waals surface area contributed by atoms with Crippen LogP contribution in [0.2, 0.25) is 0 Å². The number of halogens is 2. The third kappa shape index (κ3) is 3.19. The van der Waals surface area contributed by atoms with Crippen molar-refractivity contribution in [3.8, 4) is 0 Å². The molecular formula is C9H12ClFN2. The van der Waals surface area contributed by atoms with Crippen LogP contribution in [0, 0.1) is 5.82 Å². The van der Waals surface area contributed by atoms with Gasteiger partial charge in [-0.25, -0.2) is 9.37 Å². The maximum Gasteiger partial charge on any atom is 0.165 e. The van der Waals surface area contributed by atoms with Gasteiger partial charge in [-0.2, -0.15) is 0 Å². The van der Waals surface area contributed by atoms with Crippen molar-refractivity contribution in [1.29, 1.82) is 0 Å². The van der Waals surface area contributed by atoms with Crippen molar-refractivity contribution in [1.82, 2.24) is 4.98 Å². The molecule has 0 saturated heterocycles. The van der Waals surface area contributed by atoms with Gasteiger partial charge in [0.15, 0.2) is 11.6 Å². The smallest absolute Gasteiger partial charge is 0.165 e. The molecular weight excluding hydrogens is 191 g/mol. The lowest BCUT2D eigenvalue weighted by atomic mass is 10.2. The Bertz CT molecular complexity index is 268. The minimum Gasteiger partial charge on any atom is -0.365 e. The maximum absolute atomic E-state index is 13.0. The Kier molecular flexibility index (Phi) is 3.96. The number of nitrogens with zero attached hydrogens (tertiary/aromatic N) is 1. The van der Waals surface area contributed by atoms with Gasteiger partial charge in [-0.1, -0.05) is 0 Å². The first-order valence-corrected chi connectivity index (χ1v) is 4.70. The van der Waals surface area contributed by atoms with Crippen LogP contribution in [0.3, 0.4) is 0 Å². The van der Waals surface area contributed by atoms with E-state index in [1.54, 1.807) is 12.3 Å².